The number of hydrogen-bond acceptors (Lipinski definition) is 12. The Hall–Kier alpha value is -4.94. The number of nitrogens with zero attached hydrogens (tertiary/aromatic N) is 1. The molecule has 0 spiro atoms. The molecule has 0 aliphatic carbocycles. The van der Waals surface area contributed by atoms with Crippen molar-refractivity contribution in [2.45, 2.75) is 100 Å². The zero-order valence-corrected chi connectivity index (χ0v) is 37.0. The number of amides is 2. The lowest BCUT2D eigenvalue weighted by molar-refractivity contribution is -0.351. The summed E-state index contributed by atoms with van der Waals surface area (Å²) < 4.78 is 40.8. The Kier molecular flexibility index (Phi) is 14.0. The topological polar surface area (TPSA) is 174 Å². The zero-order chi connectivity index (χ0) is 45.0. The molecule has 13 nitrogen and oxygen atoms in total. The van der Waals surface area contributed by atoms with Crippen LogP contribution in [0.3, 0.4) is 0 Å². The lowest BCUT2D eigenvalue weighted by atomic mass is 9.94. The molecule has 0 unspecified atom stereocenters. The molecule has 14 heteroatoms. The van der Waals surface area contributed by atoms with Crippen molar-refractivity contribution in [2.24, 2.45) is 0 Å². The van der Waals surface area contributed by atoms with Gasteiger partial charge in [-0.3, -0.25) is 14.5 Å². The van der Waals surface area contributed by atoms with E-state index in [1.807, 2.05) is 121 Å². The average Bonchev–Trinajstić information content (AvgIpc) is 3.56. The molecular formula is C50H55NO12Si. The van der Waals surface area contributed by atoms with Crippen LogP contribution in [0.4, 0.5) is 0 Å². The van der Waals surface area contributed by atoms with Crippen LogP contribution in [0, 0.1) is 0 Å². The maximum Gasteiger partial charge on any atom is 0.264 e. The van der Waals surface area contributed by atoms with E-state index in [2.05, 4.69) is 20.8 Å². The van der Waals surface area contributed by atoms with Crippen molar-refractivity contribution >= 4 is 30.5 Å². The summed E-state index contributed by atoms with van der Waals surface area (Å²) >= 11 is 0. The summed E-state index contributed by atoms with van der Waals surface area (Å²) in [6, 6.07) is 43.9. The first kappa shape index (κ1) is 45.6. The number of benzene rings is 5. The van der Waals surface area contributed by atoms with Crippen LogP contribution < -0.4 is 10.4 Å². The van der Waals surface area contributed by atoms with Gasteiger partial charge in [-0.2, -0.15) is 0 Å². The molecule has 4 N–H and O–H groups in total. The van der Waals surface area contributed by atoms with Gasteiger partial charge in [0.15, 0.2) is 12.6 Å². The Balaban J connectivity index is 1.31. The molecule has 336 valence electrons. The Morgan fingerprint density at radius 2 is 1.08 bits per heavy atom. The average molecular weight is 890 g/mol. The van der Waals surface area contributed by atoms with E-state index in [-0.39, 0.29) is 30.9 Å². The normalized spacial score (nSPS) is 27.4. The third-order valence-electron chi connectivity index (χ3n) is 12.3. The van der Waals surface area contributed by atoms with Crippen molar-refractivity contribution < 1.29 is 58.1 Å². The fraction of sp³-hybridized carbons (Fsp3) is 0.360. The van der Waals surface area contributed by atoms with Gasteiger partial charge < -0.3 is 48.5 Å². The molecule has 5 aromatic rings. The summed E-state index contributed by atoms with van der Waals surface area (Å²) in [6.45, 7) is 5.62. The fourth-order valence-electron chi connectivity index (χ4n) is 9.06. The van der Waals surface area contributed by atoms with Gasteiger partial charge in [-0.1, -0.05) is 154 Å². The van der Waals surface area contributed by atoms with Gasteiger partial charge in [0.05, 0.1) is 37.6 Å². The number of carbonyl (C=O) groups excluding carboxylic acids is 2. The van der Waals surface area contributed by atoms with Crippen molar-refractivity contribution in [3.63, 3.8) is 0 Å². The van der Waals surface area contributed by atoms with Crippen LogP contribution in [0.25, 0.3) is 0 Å². The molecule has 2 amide bonds. The van der Waals surface area contributed by atoms with E-state index in [0.717, 1.165) is 26.4 Å². The Morgan fingerprint density at radius 1 is 0.594 bits per heavy atom. The molecule has 0 radical (unpaired) electrons. The highest BCUT2D eigenvalue weighted by Gasteiger charge is 2.61. The molecule has 3 aliphatic rings. The second kappa shape index (κ2) is 19.7. The number of rotatable bonds is 15. The molecule has 64 heavy (non-hydrogen) atoms. The van der Waals surface area contributed by atoms with Crippen LogP contribution >= 0.6 is 0 Å². The number of hydrogen-bond donors (Lipinski definition) is 4. The minimum atomic E-state index is -3.55. The van der Waals surface area contributed by atoms with E-state index < -0.39 is 93.1 Å². The van der Waals surface area contributed by atoms with Crippen molar-refractivity contribution in [3.05, 3.63) is 168 Å². The zero-order valence-electron chi connectivity index (χ0n) is 36.0. The molecule has 2 fully saturated rings. The number of aliphatic hydroxyl groups is 4. The molecule has 3 aliphatic heterocycles. The van der Waals surface area contributed by atoms with Crippen molar-refractivity contribution in [1.82, 2.24) is 4.90 Å². The summed E-state index contributed by atoms with van der Waals surface area (Å²) in [6.07, 6.45) is -13.3. The van der Waals surface area contributed by atoms with Gasteiger partial charge in [-0.05, 0) is 38.7 Å². The Morgan fingerprint density at radius 3 is 1.59 bits per heavy atom. The van der Waals surface area contributed by atoms with Gasteiger partial charge in [0.2, 0.25) is 0 Å². The van der Waals surface area contributed by atoms with Crippen LogP contribution in [-0.2, 0) is 41.3 Å². The first-order valence-electron chi connectivity index (χ1n) is 21.6. The minimum absolute atomic E-state index is 0.0246. The van der Waals surface area contributed by atoms with Gasteiger partial charge in [-0.25, -0.2) is 0 Å². The highest BCUT2D eigenvalue weighted by molar-refractivity contribution is 6.99. The van der Waals surface area contributed by atoms with E-state index in [1.54, 1.807) is 24.3 Å². The van der Waals surface area contributed by atoms with E-state index in [9.17, 15) is 30.0 Å². The third kappa shape index (κ3) is 9.01. The Bertz CT molecular complexity index is 2240. The number of imide groups is 1. The standard InChI is InChI=1S/C50H55NO12Si/c1-50(2,3)64(34-22-12-6-13-23-34,35-24-14-7-15-25-35)63-48-40(51-46(56)36-26-16-17-27-37(36)47(51)57)45(59-30-33-20-10-5-11-21-33)44(39(61-48)31-58-29-32-18-8-4-9-19-32)62-49-43(55)42(54)41(53)38(28-52)60-49/h4-27,38-45,48-49,52-55H,28-31H2,1-3H3/t38-,39-,40-,41+,42+,43-,44-,45-,48+,49+/m1/s1. The predicted molar refractivity (Wildman–Crippen MR) is 238 cm³/mol. The third-order valence-corrected chi connectivity index (χ3v) is 17.3. The second-order valence-electron chi connectivity index (χ2n) is 17.4. The predicted octanol–water partition coefficient (Wildman–Crippen LogP) is 3.94. The lowest BCUT2D eigenvalue weighted by Crippen LogP contribution is -2.74. The largest absolute Gasteiger partial charge is 0.394 e. The van der Waals surface area contributed by atoms with E-state index in [0.29, 0.717) is 0 Å². The number of fused-ring (bicyclic) bond motifs is 1. The summed E-state index contributed by atoms with van der Waals surface area (Å²) in [5, 5.41) is 44.5. The van der Waals surface area contributed by atoms with Crippen LogP contribution in [0.1, 0.15) is 52.6 Å². The molecular weight excluding hydrogens is 835 g/mol. The number of aliphatic hydroxyl groups excluding tert-OH is 4. The quantitative estimate of drug-likeness (QED) is 0.0883. The lowest BCUT2D eigenvalue weighted by Gasteiger charge is -2.53. The minimum Gasteiger partial charge on any atom is -0.394 e. The second-order valence-corrected chi connectivity index (χ2v) is 21.7. The summed E-state index contributed by atoms with van der Waals surface area (Å²) in [5.41, 5.74) is 2.03. The van der Waals surface area contributed by atoms with E-state index >= 15 is 0 Å². The van der Waals surface area contributed by atoms with Gasteiger partial charge in [0.1, 0.15) is 48.8 Å². The van der Waals surface area contributed by atoms with Gasteiger partial charge in [0, 0.05) is 0 Å². The van der Waals surface area contributed by atoms with Crippen molar-refractivity contribution in [3.8, 4) is 0 Å². The first-order valence-corrected chi connectivity index (χ1v) is 23.5. The van der Waals surface area contributed by atoms with Gasteiger partial charge in [-0.15, -0.1) is 0 Å². The van der Waals surface area contributed by atoms with Crippen LogP contribution in [0.15, 0.2) is 146 Å². The highest BCUT2D eigenvalue weighted by Crippen LogP contribution is 2.43. The summed E-state index contributed by atoms with van der Waals surface area (Å²) in [7, 11) is -3.55. The summed E-state index contributed by atoms with van der Waals surface area (Å²) in [4.78, 5) is 30.8. The van der Waals surface area contributed by atoms with Gasteiger partial charge in [0.25, 0.3) is 20.1 Å². The number of carbonyl (C=O) groups is 2. The fourth-order valence-corrected chi connectivity index (χ4v) is 13.6. The molecule has 0 saturated carbocycles. The van der Waals surface area contributed by atoms with E-state index in [4.69, 9.17) is 28.1 Å². The maximum atomic E-state index is 14.8. The van der Waals surface area contributed by atoms with Crippen molar-refractivity contribution in [2.75, 3.05) is 13.2 Å². The maximum absolute atomic E-state index is 14.8. The molecule has 3 heterocycles. The molecule has 2 saturated heterocycles. The smallest absolute Gasteiger partial charge is 0.264 e. The van der Waals surface area contributed by atoms with Crippen LogP contribution in [-0.4, -0.2) is 120 Å². The molecule has 10 atom stereocenters. The Labute approximate surface area is 373 Å². The molecule has 0 bridgehead atoms. The molecule has 8 rings (SSSR count). The molecule has 5 aromatic carbocycles. The highest BCUT2D eigenvalue weighted by atomic mass is 28.4. The SMILES string of the molecule is CC(C)(C)[Si](O[C@@H]1O[C@H](COCc2ccccc2)[C@@H](O[C@@H]2O[C@H](CO)[C@H](O)[C@H](O)[C@H]2O)[C@H](OCc2ccccc2)[C@H]1N1C(=O)c2ccccc2C1=O)(c1ccccc1)c1ccccc1. The monoisotopic (exact) mass is 889 g/mol. The van der Waals surface area contributed by atoms with Crippen LogP contribution in [0.5, 0.6) is 0 Å². The van der Waals surface area contributed by atoms with Crippen molar-refractivity contribution in [1.29, 1.82) is 0 Å². The van der Waals surface area contributed by atoms with Crippen LogP contribution in [0.2, 0.25) is 5.04 Å². The first-order chi connectivity index (χ1) is 30.9. The molecule has 0 aromatic heterocycles. The summed E-state index contributed by atoms with van der Waals surface area (Å²) in [5.74, 6) is -1.19. The van der Waals surface area contributed by atoms with E-state index in [1.165, 1.54) is 0 Å². The number of ether oxygens (including phenoxy) is 5. The van der Waals surface area contributed by atoms with Gasteiger partial charge >= 0.3 is 0 Å².